The van der Waals surface area contributed by atoms with Crippen LogP contribution in [0.3, 0.4) is 0 Å². The van der Waals surface area contributed by atoms with Gasteiger partial charge < -0.3 is 14.9 Å². The highest BCUT2D eigenvalue weighted by Gasteiger charge is 2.49. The van der Waals surface area contributed by atoms with E-state index in [1.165, 1.54) is 0 Å². The highest BCUT2D eigenvalue weighted by atomic mass is 16.5. The maximum atomic E-state index is 11.1. The van der Waals surface area contributed by atoms with Crippen LogP contribution in [-0.4, -0.2) is 33.5 Å². The van der Waals surface area contributed by atoms with Crippen LogP contribution in [0, 0.1) is 5.92 Å². The summed E-state index contributed by atoms with van der Waals surface area (Å²) in [7, 11) is 0. The normalized spacial score (nSPS) is 34.3. The van der Waals surface area contributed by atoms with Crippen LogP contribution in [0.2, 0.25) is 0 Å². The van der Waals surface area contributed by atoms with Crippen LogP contribution in [0.5, 0.6) is 0 Å². The molecule has 0 aliphatic carbocycles. The molecule has 3 atom stereocenters. The fraction of sp³-hybridized carbons (Fsp3) is 0.923. The van der Waals surface area contributed by atoms with Gasteiger partial charge in [0.25, 0.3) is 0 Å². The van der Waals surface area contributed by atoms with Gasteiger partial charge in [-0.15, -0.1) is 0 Å². The van der Waals surface area contributed by atoms with Crippen LogP contribution in [0.25, 0.3) is 0 Å². The van der Waals surface area contributed by atoms with Gasteiger partial charge in [0.1, 0.15) is 0 Å². The third kappa shape index (κ3) is 2.99. The van der Waals surface area contributed by atoms with E-state index < -0.39 is 29.2 Å². The number of rotatable bonds is 4. The first-order valence-corrected chi connectivity index (χ1v) is 6.34. The Bertz CT molecular complexity index is 287. The third-order valence-corrected chi connectivity index (χ3v) is 3.83. The summed E-state index contributed by atoms with van der Waals surface area (Å²) in [5.74, 6) is -1.31. The molecule has 2 N–H and O–H groups in total. The van der Waals surface area contributed by atoms with Crippen molar-refractivity contribution in [2.75, 3.05) is 0 Å². The number of ether oxygens (including phenoxy) is 1. The Labute approximate surface area is 103 Å². The second kappa shape index (κ2) is 4.94. The number of carbonyl (C=O) groups is 1. The molecule has 4 nitrogen and oxygen atoms in total. The van der Waals surface area contributed by atoms with E-state index in [4.69, 9.17) is 9.84 Å². The average Bonchev–Trinajstić information content (AvgIpc) is 2.15. The minimum atomic E-state index is -0.818. The predicted octanol–water partition coefficient (Wildman–Crippen LogP) is 2.20. The average molecular weight is 244 g/mol. The summed E-state index contributed by atoms with van der Waals surface area (Å²) in [5.41, 5.74) is -1.35. The van der Waals surface area contributed by atoms with Gasteiger partial charge in [-0.25, -0.2) is 0 Å². The van der Waals surface area contributed by atoms with Crippen molar-refractivity contribution >= 4 is 5.97 Å². The Morgan fingerprint density at radius 1 is 1.47 bits per heavy atom. The topological polar surface area (TPSA) is 66.8 Å². The van der Waals surface area contributed by atoms with Crippen molar-refractivity contribution in [3.05, 3.63) is 0 Å². The molecule has 0 radical (unpaired) electrons. The van der Waals surface area contributed by atoms with Crippen molar-refractivity contribution < 1.29 is 19.7 Å². The first kappa shape index (κ1) is 14.5. The zero-order chi connectivity index (χ0) is 13.3. The Morgan fingerprint density at radius 2 is 2.06 bits per heavy atom. The molecule has 1 aliphatic heterocycles. The first-order valence-electron chi connectivity index (χ1n) is 6.34. The molecule has 4 heteroatoms. The van der Waals surface area contributed by atoms with Gasteiger partial charge in [0.15, 0.2) is 0 Å². The van der Waals surface area contributed by atoms with Gasteiger partial charge in [0.2, 0.25) is 0 Å². The van der Waals surface area contributed by atoms with Gasteiger partial charge in [-0.05, 0) is 40.0 Å². The molecule has 0 aromatic carbocycles. The molecule has 1 rings (SSSR count). The van der Waals surface area contributed by atoms with Crippen LogP contribution in [-0.2, 0) is 9.53 Å². The minimum absolute atomic E-state index is 0.496. The molecule has 1 heterocycles. The summed E-state index contributed by atoms with van der Waals surface area (Å²) >= 11 is 0. The van der Waals surface area contributed by atoms with E-state index >= 15 is 0 Å². The molecular formula is C13H24O4. The predicted molar refractivity (Wildman–Crippen MR) is 64.8 cm³/mol. The standard InChI is InChI=1S/C13H24O4/c1-5-6-10(14)13(4)8-7-9(11(15)16)12(2,3)17-13/h9-10,14H,5-8H2,1-4H3,(H,15,16)/t9-,10-,13+/m1/s1. The summed E-state index contributed by atoms with van der Waals surface area (Å²) in [6.45, 7) is 7.48. The molecule has 17 heavy (non-hydrogen) atoms. The molecule has 1 fully saturated rings. The second-order valence-corrected chi connectivity index (χ2v) is 5.75. The SMILES string of the molecule is CCC[C@@H](O)[C@]1(C)CC[C@H](C(=O)O)C(C)(C)O1. The first-order chi connectivity index (χ1) is 7.73. The number of aliphatic hydroxyl groups is 1. The largest absolute Gasteiger partial charge is 0.481 e. The van der Waals surface area contributed by atoms with Crippen LogP contribution < -0.4 is 0 Å². The quantitative estimate of drug-likeness (QED) is 0.795. The van der Waals surface area contributed by atoms with Gasteiger partial charge in [-0.2, -0.15) is 0 Å². The van der Waals surface area contributed by atoms with E-state index in [-0.39, 0.29) is 0 Å². The molecule has 0 aromatic rings. The van der Waals surface area contributed by atoms with Crippen molar-refractivity contribution in [3.63, 3.8) is 0 Å². The third-order valence-electron chi connectivity index (χ3n) is 3.83. The fourth-order valence-electron chi connectivity index (χ4n) is 2.74. The Hall–Kier alpha value is -0.610. The van der Waals surface area contributed by atoms with Crippen molar-refractivity contribution in [1.29, 1.82) is 0 Å². The maximum Gasteiger partial charge on any atom is 0.309 e. The van der Waals surface area contributed by atoms with Crippen molar-refractivity contribution in [1.82, 2.24) is 0 Å². The number of carboxylic acid groups (broad SMARTS) is 1. The molecule has 1 saturated heterocycles. The lowest BCUT2D eigenvalue weighted by molar-refractivity contribution is -0.233. The lowest BCUT2D eigenvalue weighted by atomic mass is 9.76. The number of hydrogen-bond acceptors (Lipinski definition) is 3. The van der Waals surface area contributed by atoms with Gasteiger partial charge in [-0.1, -0.05) is 13.3 Å². The molecular weight excluding hydrogens is 220 g/mol. The fourth-order valence-corrected chi connectivity index (χ4v) is 2.74. The Balaban J connectivity index is 2.81. The Morgan fingerprint density at radius 3 is 2.47 bits per heavy atom. The van der Waals surface area contributed by atoms with Crippen LogP contribution >= 0.6 is 0 Å². The van der Waals surface area contributed by atoms with Crippen LogP contribution in [0.1, 0.15) is 53.4 Å². The van der Waals surface area contributed by atoms with Crippen molar-refractivity contribution in [3.8, 4) is 0 Å². The van der Waals surface area contributed by atoms with E-state index in [9.17, 15) is 9.90 Å². The lowest BCUT2D eigenvalue weighted by Crippen LogP contribution is -2.56. The van der Waals surface area contributed by atoms with Crippen LogP contribution in [0.4, 0.5) is 0 Å². The number of carboxylic acids is 1. The smallest absolute Gasteiger partial charge is 0.309 e. The summed E-state index contributed by atoms with van der Waals surface area (Å²) in [6.07, 6.45) is 2.20. The molecule has 100 valence electrons. The number of aliphatic hydroxyl groups excluding tert-OH is 1. The Kier molecular flexibility index (Phi) is 4.20. The van der Waals surface area contributed by atoms with Gasteiger partial charge >= 0.3 is 5.97 Å². The van der Waals surface area contributed by atoms with Gasteiger partial charge in [0, 0.05) is 0 Å². The summed E-state index contributed by atoms with van der Waals surface area (Å²) in [5, 5.41) is 19.3. The zero-order valence-corrected chi connectivity index (χ0v) is 11.2. The summed E-state index contributed by atoms with van der Waals surface area (Å²) in [4.78, 5) is 11.1. The summed E-state index contributed by atoms with van der Waals surface area (Å²) < 4.78 is 5.92. The molecule has 0 bridgehead atoms. The van der Waals surface area contributed by atoms with Gasteiger partial charge in [-0.3, -0.25) is 4.79 Å². The molecule has 0 unspecified atom stereocenters. The summed E-state index contributed by atoms with van der Waals surface area (Å²) in [6, 6.07) is 0. The molecule has 0 saturated carbocycles. The van der Waals surface area contributed by atoms with Crippen molar-refractivity contribution in [2.45, 2.75) is 70.7 Å². The monoisotopic (exact) mass is 244 g/mol. The molecule has 0 spiro atoms. The van der Waals surface area contributed by atoms with Gasteiger partial charge in [0.05, 0.1) is 23.2 Å². The minimum Gasteiger partial charge on any atom is -0.481 e. The zero-order valence-electron chi connectivity index (χ0n) is 11.2. The maximum absolute atomic E-state index is 11.1. The number of hydrogen-bond donors (Lipinski definition) is 2. The van der Waals surface area contributed by atoms with Crippen LogP contribution in [0.15, 0.2) is 0 Å². The molecule has 1 aliphatic rings. The lowest BCUT2D eigenvalue weighted by Gasteiger charge is -2.48. The second-order valence-electron chi connectivity index (χ2n) is 5.75. The molecule has 0 aromatic heterocycles. The van der Waals surface area contributed by atoms with E-state index in [0.717, 1.165) is 6.42 Å². The highest BCUT2D eigenvalue weighted by Crippen LogP contribution is 2.41. The van der Waals surface area contributed by atoms with E-state index in [1.807, 2.05) is 13.8 Å². The van der Waals surface area contributed by atoms with E-state index in [0.29, 0.717) is 19.3 Å². The van der Waals surface area contributed by atoms with E-state index in [2.05, 4.69) is 0 Å². The van der Waals surface area contributed by atoms with E-state index in [1.54, 1.807) is 13.8 Å². The number of aliphatic carboxylic acids is 1. The molecule has 0 amide bonds. The highest BCUT2D eigenvalue weighted by molar-refractivity contribution is 5.71. The van der Waals surface area contributed by atoms with Crippen molar-refractivity contribution in [2.24, 2.45) is 5.92 Å².